The van der Waals surface area contributed by atoms with Gasteiger partial charge in [0.15, 0.2) is 11.6 Å². The molecule has 1 aliphatic heterocycles. The van der Waals surface area contributed by atoms with E-state index in [0.717, 1.165) is 4.90 Å². The third kappa shape index (κ3) is 41.9. The van der Waals surface area contributed by atoms with E-state index >= 15 is 0 Å². The van der Waals surface area contributed by atoms with Crippen LogP contribution in [0.2, 0.25) is 0 Å². The molecule has 27 N–H and O–H groups in total. The Kier molecular flexibility index (Phi) is 56.0. The number of hydrogen-bond acceptors (Lipinski definition) is 37. The maximum Gasteiger partial charge on any atom is 0.373 e. The number of ketones is 2. The number of aliphatic hydroxyl groups excluding tert-OH is 15. The second-order valence-corrected chi connectivity index (χ2v) is 29.8. The molecular formula is C74H117N11O36S. The highest BCUT2D eigenvalue weighted by molar-refractivity contribution is 8.00. The number of benzene rings is 1. The van der Waals surface area contributed by atoms with Crippen molar-refractivity contribution in [1.29, 1.82) is 0 Å². The van der Waals surface area contributed by atoms with Crippen LogP contribution in [0.1, 0.15) is 136 Å². The van der Waals surface area contributed by atoms with Crippen molar-refractivity contribution in [2.75, 3.05) is 57.1 Å². The fraction of sp³-hybridized carbons (Fsp3) is 0.689. The lowest BCUT2D eigenvalue weighted by atomic mass is 9.90. The Bertz CT molecular complexity index is 3550. The van der Waals surface area contributed by atoms with E-state index < -0.39 is 312 Å². The Hall–Kier alpha value is -9.66. The number of thioether (sulfide) groups is 1. The molecule has 0 bridgehead atoms. The number of carboxylic acid groups (broad SMARTS) is 1. The average molecular weight is 1770 g/mol. The van der Waals surface area contributed by atoms with E-state index in [1.165, 1.54) is 20.8 Å². The van der Waals surface area contributed by atoms with Gasteiger partial charge in [0, 0.05) is 94.4 Å². The number of ether oxygens (including phenoxy) is 1. The Morgan fingerprint density at radius 2 is 0.926 bits per heavy atom. The second-order valence-electron chi connectivity index (χ2n) is 28.6. The summed E-state index contributed by atoms with van der Waals surface area (Å²) in [6.07, 6.45) is -28.5. The Labute approximate surface area is 703 Å². The molecule has 2 rings (SSSR count). The second kappa shape index (κ2) is 60.8. The lowest BCUT2D eigenvalue weighted by Crippen LogP contribution is -2.53. The number of nitrogens with zero attached hydrogens (tertiary/aromatic N) is 1. The van der Waals surface area contributed by atoms with E-state index in [4.69, 9.17) is 39.9 Å². The normalized spacial score (nSPS) is 17.4. The number of anilines is 1. The van der Waals surface area contributed by atoms with Crippen LogP contribution in [0.5, 0.6) is 0 Å². The standard InChI is InChI=1S/C72H117N11O32S.2CO2/c1-6-42(79-67(108)38(14-19-54(96)74-26-47(90)60(101)63(104)50(93)29-84)23-46(89)43(7-2)80-69(110)41(73)18-21-56(98)76-28-49(92)62(103)65(106)52(95)31-86)45(88)24-39(15-20-55(97)75-27-48(91)61(102)64(105)51(94)30-85)68(109)81-44(72(113)114)33-116-53-25-58(100)83(71(53)112)22-10-8-9-11-57(99)82-59(35(3)4)70(111)77-36(5)66(107)78-40-16-12-37(13-17-40)32-115-34-87;2*2-1-3/h12-13,16-17,34-36,38-39,41-44,47-53,59-65,84-86,90-95,101-106H,6-11,14-15,18-33,73H2,1-5H3,(H,74,96)(H,75,97)(H,76,98)(H,77,111)(H,78,107)(H,79,108)(H,80,110)(H,81,109)(H,82,99)(H,113,114);;/t36-,38+,39+,41-,42+,43+,44+,47-,48-,49-,50+,51+,52+,53?,59-,60+,61+,62+,63+,64+,65+;;/m0../s1. The van der Waals surface area contributed by atoms with E-state index in [0.29, 0.717) is 35.9 Å². The highest BCUT2D eigenvalue weighted by Gasteiger charge is 2.41. The van der Waals surface area contributed by atoms with E-state index in [1.54, 1.807) is 38.1 Å². The molecule has 1 saturated heterocycles. The van der Waals surface area contributed by atoms with Gasteiger partial charge in [-0.1, -0.05) is 46.2 Å². The molecule has 122 heavy (non-hydrogen) atoms. The Morgan fingerprint density at radius 3 is 1.32 bits per heavy atom. The fourth-order valence-electron chi connectivity index (χ4n) is 11.5. The number of aliphatic carboxylic acids is 1. The van der Waals surface area contributed by atoms with Gasteiger partial charge in [-0.2, -0.15) is 19.2 Å². The third-order valence-electron chi connectivity index (χ3n) is 18.9. The van der Waals surface area contributed by atoms with Gasteiger partial charge in [0.05, 0.1) is 61.5 Å². The number of amides is 11. The van der Waals surface area contributed by atoms with Crippen LogP contribution in [0.4, 0.5) is 5.69 Å². The highest BCUT2D eigenvalue weighted by Crippen LogP contribution is 2.28. The van der Waals surface area contributed by atoms with Crippen LogP contribution in [-0.2, 0) is 102 Å². The third-order valence-corrected chi connectivity index (χ3v) is 20.2. The van der Waals surface area contributed by atoms with E-state index in [2.05, 4.69) is 47.9 Å². The number of nitrogens with one attached hydrogen (secondary N) is 9. The quantitative estimate of drug-likeness (QED) is 0.0164. The van der Waals surface area contributed by atoms with Crippen LogP contribution >= 0.6 is 11.8 Å². The molecule has 1 unspecified atom stereocenters. The summed E-state index contributed by atoms with van der Waals surface area (Å²) in [6, 6.07) is -2.01. The number of imide groups is 1. The van der Waals surface area contributed by atoms with Crippen molar-refractivity contribution in [3.63, 3.8) is 0 Å². The molecular weight excluding hydrogens is 1650 g/mol. The number of carboxylic acids is 1. The number of nitrogens with two attached hydrogens (primary N) is 1. The van der Waals surface area contributed by atoms with Gasteiger partial charge >= 0.3 is 18.3 Å². The fourth-order valence-corrected chi connectivity index (χ4v) is 12.6. The van der Waals surface area contributed by atoms with Gasteiger partial charge in [-0.15, -0.1) is 11.8 Å². The van der Waals surface area contributed by atoms with Crippen molar-refractivity contribution >= 4 is 119 Å². The van der Waals surface area contributed by atoms with Crippen LogP contribution in [0, 0.1) is 17.8 Å². The first-order valence-corrected chi connectivity index (χ1v) is 39.7. The first-order chi connectivity index (χ1) is 57.4. The van der Waals surface area contributed by atoms with E-state index in [9.17, 15) is 143 Å². The van der Waals surface area contributed by atoms with Crippen molar-refractivity contribution in [2.45, 2.75) is 252 Å². The Morgan fingerprint density at radius 1 is 0.525 bits per heavy atom. The smallest absolute Gasteiger partial charge is 0.373 e. The van der Waals surface area contributed by atoms with Crippen molar-refractivity contribution < 1.29 is 178 Å². The van der Waals surface area contributed by atoms with Crippen LogP contribution in [0.3, 0.4) is 0 Å². The molecule has 1 aliphatic rings. The number of unbranched alkanes of at least 4 members (excludes halogenated alkanes) is 2. The van der Waals surface area contributed by atoms with E-state index in [1.807, 2.05) is 0 Å². The molecule has 21 atom stereocenters. The highest BCUT2D eigenvalue weighted by atomic mass is 32.2. The van der Waals surface area contributed by atoms with Crippen LogP contribution in [0.15, 0.2) is 24.3 Å². The molecule has 0 aromatic heterocycles. The molecule has 1 aromatic carbocycles. The topological polar surface area (TPSA) is 795 Å². The monoisotopic (exact) mass is 1770 g/mol. The lowest BCUT2D eigenvalue weighted by molar-refractivity contribution is -0.193. The van der Waals surface area contributed by atoms with Crippen molar-refractivity contribution in [3.8, 4) is 0 Å². The van der Waals surface area contributed by atoms with Gasteiger partial charge in [-0.3, -0.25) is 72.0 Å². The lowest BCUT2D eigenvalue weighted by Gasteiger charge is -2.26. The minimum atomic E-state index is -2.12. The summed E-state index contributed by atoms with van der Waals surface area (Å²) in [5.41, 5.74) is 7.12. The minimum absolute atomic E-state index is 0.0304. The van der Waals surface area contributed by atoms with Gasteiger partial charge in [0.1, 0.15) is 79.7 Å². The molecule has 0 aliphatic carbocycles. The largest absolute Gasteiger partial charge is 0.480 e. The molecule has 48 heteroatoms. The molecule has 47 nitrogen and oxygen atoms in total. The summed E-state index contributed by atoms with van der Waals surface area (Å²) in [4.78, 5) is 233. The first kappa shape index (κ1) is 112. The summed E-state index contributed by atoms with van der Waals surface area (Å²) in [7, 11) is 0. The number of carbonyl (C=O) groups excluding carboxylic acids is 18. The summed E-state index contributed by atoms with van der Waals surface area (Å²) < 4.78 is 4.71. The van der Waals surface area contributed by atoms with Gasteiger partial charge < -0.3 is 140 Å². The van der Waals surface area contributed by atoms with Crippen LogP contribution in [-0.4, -0.2) is 354 Å². The zero-order valence-electron chi connectivity index (χ0n) is 67.8. The Balaban J connectivity index is 0.0000236. The van der Waals surface area contributed by atoms with Gasteiger partial charge in [0.25, 0.3) is 6.47 Å². The number of rotatable bonds is 60. The summed E-state index contributed by atoms with van der Waals surface area (Å²) in [5, 5.41) is 179. The van der Waals surface area contributed by atoms with E-state index in [-0.39, 0.29) is 64.0 Å². The number of carbonyl (C=O) groups is 15. The predicted molar refractivity (Wildman–Crippen MR) is 415 cm³/mol. The maximum absolute atomic E-state index is 14.4. The van der Waals surface area contributed by atoms with Crippen molar-refractivity contribution in [1.82, 2.24) is 47.4 Å². The summed E-state index contributed by atoms with van der Waals surface area (Å²) in [5.74, 6) is -16.7. The minimum Gasteiger partial charge on any atom is -0.480 e. The molecule has 0 radical (unpaired) electrons. The average Bonchev–Trinajstić information content (AvgIpc) is 1.67. The SMILES string of the molecule is CC[C@@H](NC(=O)[C@H](CCC(=O)NC[C@H](O)[C@@H](O)[C@H](O)[C@H](O)CO)CC(=O)[C@@H](CC)NC(=O)[C@@H](N)CCC(=O)NC[C@H](O)[C@@H](O)[C@H](O)[C@H](O)CO)C(=O)C[C@@H](CCC(=O)NC[C@H](O)[C@@H](O)[C@H](O)[C@H](O)CO)C(=O)N[C@H](CSC1CC(=O)N(CCCCCC(=O)N[C@H](C(=O)N[C@@H](C)C(=O)Nc2ccc(COC=O)cc2)C(C)C)C1=O)C(=O)O.O=C=O.O=C=O. The number of Topliss-reactive ketones (excluding diaryl/α,β-unsaturated/α-hetero) is 2. The summed E-state index contributed by atoms with van der Waals surface area (Å²) in [6.45, 7) is 2.63. The van der Waals surface area contributed by atoms with Gasteiger partial charge in [-0.25, -0.2) is 4.79 Å². The molecule has 1 heterocycles. The molecule has 0 spiro atoms. The van der Waals surface area contributed by atoms with Crippen LogP contribution in [0.25, 0.3) is 0 Å². The molecule has 11 amide bonds. The van der Waals surface area contributed by atoms with Crippen molar-refractivity contribution in [2.24, 2.45) is 23.5 Å². The van der Waals surface area contributed by atoms with Gasteiger partial charge in [0.2, 0.25) is 65.0 Å². The number of likely N-dealkylation sites (tertiary alicyclic amines) is 1. The zero-order chi connectivity index (χ0) is 93.2. The molecule has 0 saturated carbocycles. The number of hydrogen-bond donors (Lipinski definition) is 26. The molecule has 690 valence electrons. The summed E-state index contributed by atoms with van der Waals surface area (Å²) >= 11 is 0.693. The maximum atomic E-state index is 14.4. The van der Waals surface area contributed by atoms with Gasteiger partial charge in [-0.05, 0) is 75.5 Å². The predicted octanol–water partition coefficient (Wildman–Crippen LogP) is -11.0. The zero-order valence-corrected chi connectivity index (χ0v) is 68.6. The first-order valence-electron chi connectivity index (χ1n) is 38.7. The van der Waals surface area contributed by atoms with Crippen LogP contribution < -0.4 is 53.6 Å². The molecule has 1 aromatic rings. The molecule has 1 fully saturated rings. The van der Waals surface area contributed by atoms with Crippen molar-refractivity contribution in [3.05, 3.63) is 29.8 Å². The number of aliphatic hydroxyl groups is 15.